The third kappa shape index (κ3) is 12.1. The molecule has 0 radical (unpaired) electrons. The molecule has 2 aliphatic heterocycles. The van der Waals surface area contributed by atoms with Gasteiger partial charge in [0.2, 0.25) is 18.1 Å². The zero-order valence-electron chi connectivity index (χ0n) is 27.1. The van der Waals surface area contributed by atoms with Crippen LogP contribution in [0.4, 0.5) is 0 Å². The average molecular weight is 677 g/mol. The summed E-state index contributed by atoms with van der Waals surface area (Å²) in [4.78, 5) is 96.7. The first-order valence-corrected chi connectivity index (χ1v) is 14.4. The number of rotatable bonds is 12. The second kappa shape index (κ2) is 17.5. The van der Waals surface area contributed by atoms with Gasteiger partial charge in [0.05, 0.1) is 0 Å². The van der Waals surface area contributed by atoms with Gasteiger partial charge in [-0.2, -0.15) is 0 Å². The smallest absolute Gasteiger partial charge is 0.305 e. The zero-order chi connectivity index (χ0) is 35.6. The molecule has 0 unspecified atom stereocenters. The number of carbonyl (C=O) groups excluding carboxylic acids is 8. The van der Waals surface area contributed by atoms with Crippen LogP contribution in [0.5, 0.6) is 0 Å². The molecule has 19 nitrogen and oxygen atoms in total. The van der Waals surface area contributed by atoms with Crippen LogP contribution in [0.1, 0.15) is 55.4 Å². The standard InChI is InChI=1S/C28H40N2O17/c1-11(31)29-21-26(43-17(7)37)24(20(10-40-14(4)34)45-27(21)44-18(8)38)47-28-22(30-12(2)32)25(42-16(6)36)23(41-15(5)35)19(46-28)9-39-13(3)33/h19-28H,9-10H2,1-8H3,(H,29,31)(H,30,32)/t19-,20-,21-,22-,23-,24-,25-,26-,27-,28+/m1/s1. The summed E-state index contributed by atoms with van der Waals surface area (Å²) < 4.78 is 50.1. The third-order valence-corrected chi connectivity index (χ3v) is 6.41. The molecule has 0 bridgehead atoms. The predicted octanol–water partition coefficient (Wildman–Crippen LogP) is -1.68. The van der Waals surface area contributed by atoms with Gasteiger partial charge in [-0.3, -0.25) is 38.4 Å². The fourth-order valence-corrected chi connectivity index (χ4v) is 4.95. The Bertz CT molecular complexity index is 1210. The van der Waals surface area contributed by atoms with Crippen molar-refractivity contribution in [3.63, 3.8) is 0 Å². The monoisotopic (exact) mass is 676 g/mol. The Morgan fingerprint density at radius 2 is 0.830 bits per heavy atom. The van der Waals surface area contributed by atoms with Gasteiger partial charge in [-0.15, -0.1) is 0 Å². The number of nitrogens with one attached hydrogen (secondary N) is 2. The van der Waals surface area contributed by atoms with E-state index in [-0.39, 0.29) is 0 Å². The van der Waals surface area contributed by atoms with Crippen molar-refractivity contribution in [3.05, 3.63) is 0 Å². The highest BCUT2D eigenvalue weighted by Crippen LogP contribution is 2.33. The van der Waals surface area contributed by atoms with E-state index in [1.165, 1.54) is 0 Å². The van der Waals surface area contributed by atoms with Gasteiger partial charge < -0.3 is 53.3 Å². The molecular formula is C28H40N2O17. The summed E-state index contributed by atoms with van der Waals surface area (Å²) >= 11 is 0. The van der Waals surface area contributed by atoms with Crippen LogP contribution in [0, 0.1) is 0 Å². The molecule has 2 saturated heterocycles. The Balaban J connectivity index is 2.73. The van der Waals surface area contributed by atoms with Crippen LogP contribution in [0.25, 0.3) is 0 Å². The molecule has 0 aromatic rings. The van der Waals surface area contributed by atoms with Crippen molar-refractivity contribution in [1.82, 2.24) is 10.6 Å². The van der Waals surface area contributed by atoms with Crippen molar-refractivity contribution in [3.8, 4) is 0 Å². The van der Waals surface area contributed by atoms with Gasteiger partial charge in [0, 0.05) is 55.4 Å². The van der Waals surface area contributed by atoms with E-state index in [2.05, 4.69) is 10.6 Å². The van der Waals surface area contributed by atoms with Gasteiger partial charge in [-0.25, -0.2) is 0 Å². The van der Waals surface area contributed by atoms with E-state index in [1.807, 2.05) is 0 Å². The Labute approximate surface area is 269 Å². The van der Waals surface area contributed by atoms with E-state index < -0.39 is 122 Å². The molecule has 2 fully saturated rings. The predicted molar refractivity (Wildman–Crippen MR) is 149 cm³/mol. The maximum atomic E-state index is 12.4. The highest BCUT2D eigenvalue weighted by atomic mass is 16.8. The summed E-state index contributed by atoms with van der Waals surface area (Å²) in [6.45, 7) is 7.56. The fourth-order valence-electron chi connectivity index (χ4n) is 4.95. The van der Waals surface area contributed by atoms with Crippen LogP contribution in [-0.2, 0) is 81.0 Å². The van der Waals surface area contributed by atoms with Crippen LogP contribution in [-0.4, -0.2) is 122 Å². The van der Waals surface area contributed by atoms with Gasteiger partial charge in [0.25, 0.3) is 0 Å². The number of ether oxygens (including phenoxy) is 9. The molecule has 2 amide bonds. The number of amides is 2. The Kier molecular flexibility index (Phi) is 14.5. The van der Waals surface area contributed by atoms with Crippen LogP contribution < -0.4 is 10.6 Å². The van der Waals surface area contributed by atoms with Crippen molar-refractivity contribution in [2.45, 2.75) is 117 Å². The Hall–Kier alpha value is -4.36. The molecule has 19 heteroatoms. The second-order valence-corrected chi connectivity index (χ2v) is 10.6. The van der Waals surface area contributed by atoms with Crippen LogP contribution >= 0.6 is 0 Å². The largest absolute Gasteiger partial charge is 0.463 e. The van der Waals surface area contributed by atoms with E-state index in [0.717, 1.165) is 55.4 Å². The molecular weight excluding hydrogens is 636 g/mol. The first-order chi connectivity index (χ1) is 21.9. The minimum absolute atomic E-state index is 0.549. The molecule has 0 aliphatic carbocycles. The first kappa shape index (κ1) is 38.8. The number of hydrogen-bond donors (Lipinski definition) is 2. The number of hydrogen-bond acceptors (Lipinski definition) is 17. The molecule has 0 aromatic heterocycles. The Morgan fingerprint density at radius 1 is 0.468 bits per heavy atom. The molecule has 2 aliphatic rings. The van der Waals surface area contributed by atoms with Crippen LogP contribution in [0.15, 0.2) is 0 Å². The topological polar surface area (TPSA) is 244 Å². The molecule has 0 spiro atoms. The molecule has 0 aromatic carbocycles. The first-order valence-electron chi connectivity index (χ1n) is 14.4. The molecule has 0 saturated carbocycles. The SMILES string of the molecule is CC(=O)N[C@H]1[C@H](O[C@H]2[C@H](OC(C)=O)[C@@H](NC(C)=O)[C@H](OC(C)=O)O[C@@H]2COC(C)=O)O[C@H](COC(C)=O)[C@@H](OC(C)=O)[C@@H]1OC(C)=O. The van der Waals surface area contributed by atoms with Gasteiger partial charge in [0.1, 0.15) is 43.6 Å². The van der Waals surface area contributed by atoms with Gasteiger partial charge in [-0.05, 0) is 0 Å². The van der Waals surface area contributed by atoms with Crippen molar-refractivity contribution in [1.29, 1.82) is 0 Å². The van der Waals surface area contributed by atoms with Crippen molar-refractivity contribution in [2.24, 2.45) is 0 Å². The van der Waals surface area contributed by atoms with E-state index in [9.17, 15) is 38.4 Å². The fraction of sp³-hybridized carbons (Fsp3) is 0.714. The summed E-state index contributed by atoms with van der Waals surface area (Å²) in [5.41, 5.74) is 0. The lowest BCUT2D eigenvalue weighted by Crippen LogP contribution is -2.70. The van der Waals surface area contributed by atoms with Gasteiger partial charge >= 0.3 is 35.8 Å². The Morgan fingerprint density at radius 3 is 1.23 bits per heavy atom. The van der Waals surface area contributed by atoms with Crippen molar-refractivity contribution < 1.29 is 81.0 Å². The summed E-state index contributed by atoms with van der Waals surface area (Å²) in [6.07, 6.45) is -12.1. The van der Waals surface area contributed by atoms with E-state index >= 15 is 0 Å². The van der Waals surface area contributed by atoms with Gasteiger partial charge in [0.15, 0.2) is 24.6 Å². The van der Waals surface area contributed by atoms with Gasteiger partial charge in [-0.1, -0.05) is 0 Å². The number of esters is 6. The van der Waals surface area contributed by atoms with E-state index in [4.69, 9.17) is 42.6 Å². The maximum absolute atomic E-state index is 12.4. The summed E-state index contributed by atoms with van der Waals surface area (Å²) in [5, 5.41) is 5.02. The molecule has 264 valence electrons. The minimum Gasteiger partial charge on any atom is -0.463 e. The highest BCUT2D eigenvalue weighted by molar-refractivity contribution is 5.74. The van der Waals surface area contributed by atoms with Crippen molar-refractivity contribution >= 4 is 47.6 Å². The van der Waals surface area contributed by atoms with Crippen LogP contribution in [0.2, 0.25) is 0 Å². The average Bonchev–Trinajstić information content (AvgIpc) is 2.91. The lowest BCUT2D eigenvalue weighted by atomic mass is 9.94. The summed E-state index contributed by atoms with van der Waals surface area (Å²) in [5.74, 6) is -6.25. The normalized spacial score (nSPS) is 30.0. The van der Waals surface area contributed by atoms with E-state index in [1.54, 1.807) is 0 Å². The van der Waals surface area contributed by atoms with Crippen LogP contribution in [0.3, 0.4) is 0 Å². The lowest BCUT2D eigenvalue weighted by molar-refractivity contribution is -0.330. The molecule has 47 heavy (non-hydrogen) atoms. The summed E-state index contributed by atoms with van der Waals surface area (Å²) in [7, 11) is 0. The number of carbonyl (C=O) groups is 8. The zero-order valence-corrected chi connectivity index (χ0v) is 27.1. The van der Waals surface area contributed by atoms with E-state index in [0.29, 0.717) is 0 Å². The third-order valence-electron chi connectivity index (χ3n) is 6.41. The van der Waals surface area contributed by atoms with Crippen molar-refractivity contribution in [2.75, 3.05) is 13.2 Å². The molecule has 2 rings (SSSR count). The molecule has 10 atom stereocenters. The quantitative estimate of drug-likeness (QED) is 0.173. The minimum atomic E-state index is -1.69. The summed E-state index contributed by atoms with van der Waals surface area (Å²) in [6, 6.07) is -2.86. The molecule has 2 N–H and O–H groups in total. The maximum Gasteiger partial charge on any atom is 0.305 e. The second-order valence-electron chi connectivity index (χ2n) is 10.6. The lowest BCUT2D eigenvalue weighted by Gasteiger charge is -2.49. The highest BCUT2D eigenvalue weighted by Gasteiger charge is 2.56. The molecule has 2 heterocycles.